The summed E-state index contributed by atoms with van der Waals surface area (Å²) in [6, 6.07) is 0. The summed E-state index contributed by atoms with van der Waals surface area (Å²) in [6.45, 7) is 9.64. The smallest absolute Gasteiger partial charge is 0.748 e. The monoisotopic (exact) mass is 436 g/mol. The Balaban J connectivity index is -0.000000411. The maximum atomic E-state index is 11.1. The molecule has 0 radical (unpaired) electrons. The van der Waals surface area contributed by atoms with Gasteiger partial charge in [0.05, 0.1) is 31.7 Å². The molecule has 13 heteroatoms. The Morgan fingerprint density at radius 1 is 0.778 bits per heavy atom. The zero-order chi connectivity index (χ0) is 21.3. The fourth-order valence-electron chi connectivity index (χ4n) is 1.35. The number of carbonyl (C=O) groups excluding carboxylic acids is 2. The maximum absolute atomic E-state index is 11.1. The molecule has 0 rings (SSSR count). The van der Waals surface area contributed by atoms with Crippen molar-refractivity contribution in [1.29, 1.82) is 0 Å². The summed E-state index contributed by atoms with van der Waals surface area (Å²) in [4.78, 5) is 24.5. The molecule has 0 fully saturated rings. The van der Waals surface area contributed by atoms with Gasteiger partial charge < -0.3 is 18.9 Å². The molecule has 0 saturated carbocycles. The van der Waals surface area contributed by atoms with E-state index >= 15 is 0 Å². The number of rotatable bonds is 8. The van der Waals surface area contributed by atoms with Crippen molar-refractivity contribution in [3.63, 3.8) is 0 Å². The Bertz CT molecular complexity index is 683. The van der Waals surface area contributed by atoms with Crippen molar-refractivity contribution in [3.05, 3.63) is 24.3 Å². The van der Waals surface area contributed by atoms with Crippen LogP contribution in [0.1, 0.15) is 13.8 Å². The van der Waals surface area contributed by atoms with Crippen LogP contribution in [-0.2, 0) is 29.8 Å². The first-order valence-electron chi connectivity index (χ1n) is 7.17. The van der Waals surface area contributed by atoms with Crippen molar-refractivity contribution in [2.24, 2.45) is 0 Å². The van der Waals surface area contributed by atoms with E-state index in [2.05, 4.69) is 13.2 Å². The molecular weight excluding hydrogens is 413 g/mol. The third kappa shape index (κ3) is 18.1. The summed E-state index contributed by atoms with van der Waals surface area (Å²) in [5.41, 5.74) is 0.622. The molecule has 0 spiro atoms. The second-order valence-electron chi connectivity index (χ2n) is 5.54. The summed E-state index contributed by atoms with van der Waals surface area (Å²) in [7, 11) is -5.67. The number of amides is 2. The molecule has 152 valence electrons. The van der Waals surface area contributed by atoms with Crippen LogP contribution >= 0.6 is 0 Å². The average molecular weight is 437 g/mol. The van der Waals surface area contributed by atoms with Crippen molar-refractivity contribution in [2.75, 3.05) is 38.7 Å². The fourth-order valence-corrected chi connectivity index (χ4v) is 2.35. The quantitative estimate of drug-likeness (QED) is 0.259. The van der Waals surface area contributed by atoms with E-state index in [0.717, 1.165) is 9.80 Å². The molecule has 27 heavy (non-hydrogen) atoms. The van der Waals surface area contributed by atoms with E-state index in [9.17, 15) is 35.5 Å². The van der Waals surface area contributed by atoms with Gasteiger partial charge in [0.25, 0.3) is 0 Å². The molecule has 0 aromatic rings. The van der Waals surface area contributed by atoms with Crippen LogP contribution in [0.15, 0.2) is 24.3 Å². The number of hydrogen-bond donors (Lipinski definition) is 0. The molecule has 0 bridgehead atoms. The van der Waals surface area contributed by atoms with Gasteiger partial charge in [0, 0.05) is 38.3 Å². The molecule has 0 aliphatic carbocycles. The van der Waals surface area contributed by atoms with Crippen LogP contribution in [0.3, 0.4) is 0 Å². The van der Waals surface area contributed by atoms with E-state index in [0.29, 0.717) is 11.1 Å². The van der Waals surface area contributed by atoms with Gasteiger partial charge in [-0.15, -0.1) is 0 Å². The minimum absolute atomic E-state index is 0. The van der Waals surface area contributed by atoms with Gasteiger partial charge >= 0.3 is 23.1 Å². The van der Waals surface area contributed by atoms with Crippen molar-refractivity contribution in [2.45, 2.75) is 13.8 Å². The molecule has 0 saturated heterocycles. The van der Waals surface area contributed by atoms with Crippen LogP contribution in [0, 0.1) is 0 Å². The van der Waals surface area contributed by atoms with Gasteiger partial charge in [0.2, 0.25) is 11.8 Å². The molecule has 0 aromatic heterocycles. The van der Waals surface area contributed by atoms with Gasteiger partial charge in [-0.05, 0) is 13.8 Å². The summed E-state index contributed by atoms with van der Waals surface area (Å²) >= 11 is 0. The Labute approximate surface area is 176 Å². The summed E-state index contributed by atoms with van der Waals surface area (Å²) < 4.78 is 61.3. The summed E-state index contributed by atoms with van der Waals surface area (Å²) in [6.07, 6.45) is 0. The van der Waals surface area contributed by atoms with E-state index in [1.165, 1.54) is 27.9 Å². The van der Waals surface area contributed by atoms with E-state index in [4.69, 9.17) is 0 Å². The number of likely N-dealkylation sites (N-methyl/N-ethyl adjacent to an activating group) is 2. The Morgan fingerprint density at radius 2 is 1.00 bits per heavy atom. The second kappa shape index (κ2) is 13.2. The van der Waals surface area contributed by atoms with Crippen LogP contribution in [0.25, 0.3) is 0 Å². The first kappa shape index (κ1) is 30.7. The van der Waals surface area contributed by atoms with Gasteiger partial charge in [-0.3, -0.25) is 9.59 Å². The zero-order valence-electron chi connectivity index (χ0n) is 15.9. The molecule has 0 atom stereocenters. The minimum atomic E-state index is -4.25. The van der Waals surface area contributed by atoms with E-state index in [-0.39, 0.29) is 48.0 Å². The van der Waals surface area contributed by atoms with Gasteiger partial charge in [0.1, 0.15) is 0 Å². The predicted octanol–water partition coefficient (Wildman–Crippen LogP) is -1.25. The second-order valence-corrected chi connectivity index (χ2v) is 8.58. The van der Waals surface area contributed by atoms with E-state index < -0.39 is 31.7 Å². The van der Waals surface area contributed by atoms with Gasteiger partial charge in [-0.1, -0.05) is 13.2 Å². The minimum Gasteiger partial charge on any atom is -0.748 e. The van der Waals surface area contributed by atoms with Crippen LogP contribution in [0.4, 0.5) is 0 Å². The third-order valence-corrected chi connectivity index (χ3v) is 4.14. The van der Waals surface area contributed by atoms with Gasteiger partial charge in [-0.2, -0.15) is 0 Å². The van der Waals surface area contributed by atoms with Crippen molar-refractivity contribution >= 4 is 55.1 Å². The zero-order valence-corrected chi connectivity index (χ0v) is 19.0. The molecule has 0 aliphatic heterocycles. The largest absolute Gasteiger partial charge is 2.00 e. The molecule has 0 aromatic carbocycles. The molecule has 2 amide bonds. The Kier molecular flexibility index (Phi) is 15.1. The van der Waals surface area contributed by atoms with Crippen molar-refractivity contribution < 1.29 is 35.5 Å². The molecule has 0 unspecified atom stereocenters. The molecule has 10 nitrogen and oxygen atoms in total. The average Bonchev–Trinajstić information content (AvgIpc) is 2.47. The van der Waals surface area contributed by atoms with Crippen LogP contribution in [0.2, 0.25) is 0 Å². The number of hydrogen-bond acceptors (Lipinski definition) is 8. The molecular formula is C14H24MgN2O8S2. The molecule has 0 N–H and O–H groups in total. The standard InChI is InChI=1S/2C7H13NO4S.Mg/c2*1-6(2)7(9)8(3)4-5-13(10,11)12;/h2*1,4-5H2,2-3H3,(H,10,11,12);/q;;+2/p-2. The topological polar surface area (TPSA) is 155 Å². The van der Waals surface area contributed by atoms with Crippen molar-refractivity contribution in [1.82, 2.24) is 9.80 Å². The van der Waals surface area contributed by atoms with E-state index in [1.54, 1.807) is 0 Å². The summed E-state index contributed by atoms with van der Waals surface area (Å²) in [5, 5.41) is 0. The van der Waals surface area contributed by atoms with Crippen molar-refractivity contribution in [3.8, 4) is 0 Å². The first-order chi connectivity index (χ1) is 11.5. The van der Waals surface area contributed by atoms with Crippen LogP contribution < -0.4 is 0 Å². The number of carbonyl (C=O) groups is 2. The Hall–Kier alpha value is -0.994. The summed E-state index contributed by atoms with van der Waals surface area (Å²) in [5.74, 6) is -1.85. The predicted molar refractivity (Wildman–Crippen MR) is 99.8 cm³/mol. The van der Waals surface area contributed by atoms with Gasteiger partial charge in [-0.25, -0.2) is 16.8 Å². The normalized spacial score (nSPS) is 10.6. The first-order valence-corrected chi connectivity index (χ1v) is 10.3. The maximum Gasteiger partial charge on any atom is 2.00 e. The third-order valence-electron chi connectivity index (χ3n) is 2.78. The Morgan fingerprint density at radius 3 is 1.15 bits per heavy atom. The van der Waals surface area contributed by atoms with Crippen LogP contribution in [-0.4, -0.2) is 109 Å². The van der Waals surface area contributed by atoms with Gasteiger partial charge in [0.15, 0.2) is 0 Å². The fraction of sp³-hybridized carbons (Fsp3) is 0.571. The SMILES string of the molecule is C=C(C)C(=O)N(C)CCS(=O)(=O)[O-].C=C(C)C(=O)N(C)CCS(=O)(=O)[O-].[Mg+2]. The number of nitrogens with zero attached hydrogens (tertiary/aromatic N) is 2. The van der Waals surface area contributed by atoms with E-state index in [1.807, 2.05) is 0 Å². The molecule has 0 heterocycles. The van der Waals surface area contributed by atoms with Crippen LogP contribution in [0.5, 0.6) is 0 Å². The molecule has 0 aliphatic rings.